The Morgan fingerprint density at radius 3 is 1.92 bits per heavy atom. The first-order valence-electron chi connectivity index (χ1n) is 8.37. The lowest BCUT2D eigenvalue weighted by atomic mass is 9.86. The third kappa shape index (κ3) is 4.74. The number of rotatable bonds is 1. The van der Waals surface area contributed by atoms with E-state index in [1.54, 1.807) is 0 Å². The summed E-state index contributed by atoms with van der Waals surface area (Å²) in [5.74, 6) is 0. The zero-order valence-electron chi connectivity index (χ0n) is 13.4. The minimum Gasteiger partial charge on any atom is -0.0865 e. The average molecular weight is 718 g/mol. The van der Waals surface area contributed by atoms with Gasteiger partial charge in [0, 0.05) is 4.83 Å². The predicted octanol–water partition coefficient (Wildman–Crippen LogP) is 9.15. The molecular formula is C18H22Br6. The minimum absolute atomic E-state index is 0.251. The van der Waals surface area contributed by atoms with Crippen molar-refractivity contribution in [3.63, 3.8) is 0 Å². The van der Waals surface area contributed by atoms with Gasteiger partial charge in [-0.25, -0.2) is 0 Å². The monoisotopic (exact) mass is 712 g/mol. The maximum atomic E-state index is 4.14. The molecule has 1 aromatic carbocycles. The zero-order chi connectivity index (χ0) is 17.8. The van der Waals surface area contributed by atoms with Gasteiger partial charge >= 0.3 is 0 Å². The largest absolute Gasteiger partial charge is 0.126 e. The van der Waals surface area contributed by atoms with Gasteiger partial charge in [-0.3, -0.25) is 0 Å². The van der Waals surface area contributed by atoms with E-state index in [0.29, 0.717) is 0 Å². The van der Waals surface area contributed by atoms with E-state index in [-0.39, 0.29) is 12.4 Å². The molecule has 0 nitrogen and oxygen atoms in total. The van der Waals surface area contributed by atoms with Crippen LogP contribution in [0.2, 0.25) is 0 Å². The van der Waals surface area contributed by atoms with Gasteiger partial charge < -0.3 is 0 Å². The molecule has 2 unspecified atom stereocenters. The van der Waals surface area contributed by atoms with Gasteiger partial charge in [0.15, 0.2) is 0 Å². The standard InChI is InChI=1S/C18H22Br6/c19-15-12-8-3-1-2-4-9-13-16(20,14-10-6-5-7-11-14)18(23,24)17(15,21)22/h5-7,10-11,15H,1-4,8-9,12-13H2. The summed E-state index contributed by atoms with van der Waals surface area (Å²) in [6.45, 7) is 0. The highest BCUT2D eigenvalue weighted by atomic mass is 79.9. The number of alkyl halides is 6. The Morgan fingerprint density at radius 1 is 0.750 bits per heavy atom. The van der Waals surface area contributed by atoms with Crippen LogP contribution in [0.4, 0.5) is 0 Å². The predicted molar refractivity (Wildman–Crippen MR) is 128 cm³/mol. The Labute approximate surface area is 196 Å². The second-order valence-corrected chi connectivity index (χ2v) is 16.0. The highest BCUT2D eigenvalue weighted by molar-refractivity contribution is 9.31. The van der Waals surface area contributed by atoms with Crippen molar-refractivity contribution in [2.75, 3.05) is 0 Å². The highest BCUT2D eigenvalue weighted by Gasteiger charge is 2.60. The van der Waals surface area contributed by atoms with Crippen molar-refractivity contribution in [3.8, 4) is 0 Å². The van der Waals surface area contributed by atoms with E-state index in [2.05, 4.69) is 126 Å². The van der Waals surface area contributed by atoms with Crippen LogP contribution in [0.3, 0.4) is 0 Å². The van der Waals surface area contributed by atoms with Crippen LogP contribution >= 0.6 is 95.6 Å². The van der Waals surface area contributed by atoms with Crippen molar-refractivity contribution in [2.45, 2.75) is 67.0 Å². The zero-order valence-corrected chi connectivity index (χ0v) is 22.9. The van der Waals surface area contributed by atoms with E-state index in [4.69, 9.17) is 0 Å². The van der Waals surface area contributed by atoms with Gasteiger partial charge in [0.1, 0.15) is 6.47 Å². The van der Waals surface area contributed by atoms with Crippen molar-refractivity contribution in [1.82, 2.24) is 0 Å². The third-order valence-corrected chi connectivity index (χ3v) is 16.7. The summed E-state index contributed by atoms with van der Waals surface area (Å²) < 4.78 is -1.03. The van der Waals surface area contributed by atoms with Crippen LogP contribution in [0.15, 0.2) is 30.3 Å². The molecule has 2 rings (SSSR count). The summed E-state index contributed by atoms with van der Waals surface area (Å²) in [5.41, 5.74) is 1.28. The maximum Gasteiger partial charge on any atom is 0.126 e. The van der Waals surface area contributed by atoms with Crippen molar-refractivity contribution in [2.24, 2.45) is 0 Å². The molecule has 0 amide bonds. The molecule has 1 aliphatic carbocycles. The van der Waals surface area contributed by atoms with Gasteiger partial charge in [-0.15, -0.1) is 0 Å². The average Bonchev–Trinajstić information content (AvgIpc) is 2.56. The van der Waals surface area contributed by atoms with Crippen LogP contribution in [0.5, 0.6) is 0 Å². The first kappa shape index (κ1) is 22.4. The lowest BCUT2D eigenvalue weighted by Gasteiger charge is -2.49. The highest BCUT2D eigenvalue weighted by Crippen LogP contribution is 2.65. The van der Waals surface area contributed by atoms with E-state index in [0.717, 1.165) is 12.8 Å². The van der Waals surface area contributed by atoms with Crippen molar-refractivity contribution in [3.05, 3.63) is 35.9 Å². The summed E-state index contributed by atoms with van der Waals surface area (Å²) in [6, 6.07) is 10.7. The Morgan fingerprint density at radius 2 is 1.29 bits per heavy atom. The Hall–Kier alpha value is 2.10. The van der Waals surface area contributed by atoms with Gasteiger partial charge in [-0.2, -0.15) is 0 Å². The van der Waals surface area contributed by atoms with Gasteiger partial charge in [0.05, 0.1) is 4.32 Å². The van der Waals surface area contributed by atoms with Crippen molar-refractivity contribution >= 4 is 95.6 Å². The molecule has 2 atom stereocenters. The molecule has 0 aliphatic heterocycles. The van der Waals surface area contributed by atoms with Crippen molar-refractivity contribution in [1.29, 1.82) is 0 Å². The molecule has 24 heavy (non-hydrogen) atoms. The molecule has 136 valence electrons. The fourth-order valence-electron chi connectivity index (χ4n) is 3.23. The molecule has 0 spiro atoms. The quantitative estimate of drug-likeness (QED) is 0.255. The fourth-order valence-corrected chi connectivity index (χ4v) is 8.44. The molecule has 0 heterocycles. The Bertz CT molecular complexity index is 516. The summed E-state index contributed by atoms with van der Waals surface area (Å²) >= 11 is 24.1. The van der Waals surface area contributed by atoms with E-state index in [9.17, 15) is 0 Å². The number of benzene rings is 1. The SMILES string of the molecule is BrC1CCCCCCCCC(Br)(c2ccccc2)C(Br)(Br)C1(Br)Br. The summed E-state index contributed by atoms with van der Waals surface area (Å²) in [5, 5.41) is 0. The van der Waals surface area contributed by atoms with E-state index in [1.807, 2.05) is 0 Å². The fraction of sp³-hybridized carbons (Fsp3) is 0.667. The number of halogens is 6. The van der Waals surface area contributed by atoms with Crippen LogP contribution in [0, 0.1) is 0 Å². The van der Waals surface area contributed by atoms with E-state index in [1.165, 1.54) is 44.1 Å². The Balaban J connectivity index is 2.46. The molecule has 1 fully saturated rings. The van der Waals surface area contributed by atoms with Gasteiger partial charge in [0.2, 0.25) is 0 Å². The first-order valence-corrected chi connectivity index (χ1v) is 13.3. The molecule has 0 saturated heterocycles. The second-order valence-electron chi connectivity index (χ2n) is 6.49. The lowest BCUT2D eigenvalue weighted by Crippen LogP contribution is -2.53. The van der Waals surface area contributed by atoms with Crippen LogP contribution in [0.1, 0.15) is 56.9 Å². The third-order valence-electron chi connectivity index (χ3n) is 4.77. The summed E-state index contributed by atoms with van der Waals surface area (Å²) in [6.07, 6.45) is 9.87. The summed E-state index contributed by atoms with van der Waals surface area (Å²) in [4.78, 5) is 0.281. The maximum absolute atomic E-state index is 4.14. The van der Waals surface area contributed by atoms with Gasteiger partial charge in [0.25, 0.3) is 0 Å². The first-order chi connectivity index (χ1) is 11.2. The minimum atomic E-state index is -0.422. The van der Waals surface area contributed by atoms with Crippen LogP contribution in [0.25, 0.3) is 0 Å². The molecule has 0 aromatic heterocycles. The number of hydrogen-bond donors (Lipinski definition) is 0. The smallest absolute Gasteiger partial charge is 0.0865 e. The molecule has 1 saturated carbocycles. The molecule has 0 N–H and O–H groups in total. The van der Waals surface area contributed by atoms with Crippen LogP contribution in [-0.2, 0) is 4.32 Å². The second kappa shape index (κ2) is 9.54. The van der Waals surface area contributed by atoms with Gasteiger partial charge in [-0.1, -0.05) is 164 Å². The van der Waals surface area contributed by atoms with E-state index < -0.39 is 3.23 Å². The molecule has 1 aromatic rings. The van der Waals surface area contributed by atoms with Crippen LogP contribution in [-0.4, -0.2) is 11.3 Å². The van der Waals surface area contributed by atoms with Crippen molar-refractivity contribution < 1.29 is 0 Å². The molecule has 0 radical (unpaired) electrons. The van der Waals surface area contributed by atoms with Crippen LogP contribution < -0.4 is 0 Å². The normalized spacial score (nSPS) is 31.7. The molecule has 1 aliphatic rings. The molecular weight excluding hydrogens is 696 g/mol. The molecule has 6 heteroatoms. The molecule has 0 bridgehead atoms. The van der Waals surface area contributed by atoms with E-state index >= 15 is 0 Å². The lowest BCUT2D eigenvalue weighted by molar-refractivity contribution is 0.450. The topological polar surface area (TPSA) is 0 Å². The number of hydrogen-bond acceptors (Lipinski definition) is 0. The van der Waals surface area contributed by atoms with Gasteiger partial charge in [-0.05, 0) is 18.4 Å². The Kier molecular flexibility index (Phi) is 8.90. The summed E-state index contributed by atoms with van der Waals surface area (Å²) in [7, 11) is 0.